The van der Waals surface area contributed by atoms with Crippen molar-refractivity contribution < 1.29 is 14.3 Å². The first-order valence-electron chi connectivity index (χ1n) is 8.12. The molecular weight excluding hydrogens is 266 g/mol. The first kappa shape index (κ1) is 19.7. The summed E-state index contributed by atoms with van der Waals surface area (Å²) in [6.45, 7) is 6.33. The molecule has 0 aliphatic carbocycles. The minimum absolute atomic E-state index is 0.117. The molecule has 0 aromatic heterocycles. The fraction of sp³-hybridized carbons (Fsp3) is 0.765. The maximum absolute atomic E-state index is 11.9. The third kappa shape index (κ3) is 12.2. The normalized spacial score (nSPS) is 10.2. The summed E-state index contributed by atoms with van der Waals surface area (Å²) in [5.74, 6) is -0.123. The second kappa shape index (κ2) is 13.7. The van der Waals surface area contributed by atoms with Gasteiger partial charge in [-0.1, -0.05) is 31.8 Å². The summed E-state index contributed by atoms with van der Waals surface area (Å²) < 4.78 is 4.84. The van der Waals surface area contributed by atoms with Crippen molar-refractivity contribution >= 4 is 11.9 Å². The number of amides is 1. The number of carbonyl (C=O) groups is 2. The maximum atomic E-state index is 11.9. The highest BCUT2D eigenvalue weighted by Crippen LogP contribution is 2.09. The largest absolute Gasteiger partial charge is 0.466 e. The van der Waals surface area contributed by atoms with E-state index in [1.807, 2.05) is 6.08 Å². The molecule has 4 heteroatoms. The first-order chi connectivity index (χ1) is 10.1. The third-order valence-corrected chi connectivity index (χ3v) is 3.43. The van der Waals surface area contributed by atoms with E-state index in [0.717, 1.165) is 19.3 Å². The van der Waals surface area contributed by atoms with E-state index in [9.17, 15) is 9.59 Å². The maximum Gasteiger partial charge on any atom is 0.307 e. The van der Waals surface area contributed by atoms with Gasteiger partial charge in [0, 0.05) is 20.0 Å². The minimum atomic E-state index is -0.239. The van der Waals surface area contributed by atoms with E-state index >= 15 is 0 Å². The lowest BCUT2D eigenvalue weighted by Crippen LogP contribution is -2.29. The molecule has 0 aliphatic heterocycles. The molecule has 0 radical (unpaired) electrons. The third-order valence-electron chi connectivity index (χ3n) is 3.43. The Hall–Kier alpha value is -1.32. The Kier molecular flexibility index (Phi) is 12.8. The second-order valence-corrected chi connectivity index (χ2v) is 5.32. The molecule has 0 spiro atoms. The van der Waals surface area contributed by atoms with E-state index in [4.69, 9.17) is 4.74 Å². The van der Waals surface area contributed by atoms with Crippen LogP contribution in [0.5, 0.6) is 0 Å². The predicted octanol–water partition coefficient (Wildman–Crippen LogP) is 3.70. The molecule has 0 bridgehead atoms. The average molecular weight is 297 g/mol. The molecule has 0 aromatic rings. The molecule has 0 atom stereocenters. The zero-order valence-corrected chi connectivity index (χ0v) is 13.7. The molecule has 0 heterocycles. The molecule has 122 valence electrons. The van der Waals surface area contributed by atoms with Crippen molar-refractivity contribution in [2.45, 2.75) is 64.7 Å². The van der Waals surface area contributed by atoms with Gasteiger partial charge in [-0.05, 0) is 26.2 Å². The van der Waals surface area contributed by atoms with E-state index in [2.05, 4.69) is 6.58 Å². The molecule has 4 nitrogen and oxygen atoms in total. The lowest BCUT2D eigenvalue weighted by atomic mass is 10.1. The van der Waals surface area contributed by atoms with Gasteiger partial charge in [-0.25, -0.2) is 0 Å². The monoisotopic (exact) mass is 297 g/mol. The van der Waals surface area contributed by atoms with E-state index in [1.54, 1.807) is 18.9 Å². The Morgan fingerprint density at radius 3 is 2.29 bits per heavy atom. The number of unbranched alkanes of at least 4 members (excludes halogenated alkanes) is 6. The van der Waals surface area contributed by atoms with Gasteiger partial charge in [0.15, 0.2) is 0 Å². The van der Waals surface area contributed by atoms with Gasteiger partial charge in [-0.3, -0.25) is 9.59 Å². The molecule has 0 fully saturated rings. The summed E-state index contributed by atoms with van der Waals surface area (Å²) in [4.78, 5) is 24.7. The van der Waals surface area contributed by atoms with Crippen LogP contribution in [0.3, 0.4) is 0 Å². The zero-order chi connectivity index (χ0) is 15.9. The van der Waals surface area contributed by atoms with E-state index in [0.29, 0.717) is 19.6 Å². The quantitative estimate of drug-likeness (QED) is 0.296. The lowest BCUT2D eigenvalue weighted by Gasteiger charge is -2.16. The smallest absolute Gasteiger partial charge is 0.307 e. The summed E-state index contributed by atoms with van der Waals surface area (Å²) in [7, 11) is 1.75. The molecule has 0 aromatic carbocycles. The highest BCUT2D eigenvalue weighted by atomic mass is 16.5. The van der Waals surface area contributed by atoms with Crippen molar-refractivity contribution in [3.8, 4) is 0 Å². The Balaban J connectivity index is 3.51. The predicted molar refractivity (Wildman–Crippen MR) is 86.0 cm³/mol. The van der Waals surface area contributed by atoms with Crippen molar-refractivity contribution in [3.63, 3.8) is 0 Å². The lowest BCUT2D eigenvalue weighted by molar-refractivity contribution is -0.143. The molecule has 0 unspecified atom stereocenters. The van der Waals surface area contributed by atoms with Crippen LogP contribution < -0.4 is 0 Å². The van der Waals surface area contributed by atoms with Gasteiger partial charge in [0.1, 0.15) is 0 Å². The standard InChI is InChI=1S/C17H31NO3/c1-4-6-7-8-9-10-11-12-13-16(19)18(3)15-14-17(20)21-5-2/h4H,1,5-15H2,2-3H3. The molecule has 0 saturated carbocycles. The Bertz CT molecular complexity index is 302. The zero-order valence-electron chi connectivity index (χ0n) is 13.7. The van der Waals surface area contributed by atoms with Crippen LogP contribution in [0.4, 0.5) is 0 Å². The van der Waals surface area contributed by atoms with Crippen LogP contribution >= 0.6 is 0 Å². The van der Waals surface area contributed by atoms with Gasteiger partial charge < -0.3 is 9.64 Å². The summed E-state index contributed by atoms with van der Waals surface area (Å²) in [5, 5.41) is 0. The Morgan fingerprint density at radius 1 is 1.05 bits per heavy atom. The SMILES string of the molecule is C=CCCCCCCCCC(=O)N(C)CCC(=O)OCC. The van der Waals surface area contributed by atoms with Crippen LogP contribution in [0.25, 0.3) is 0 Å². The van der Waals surface area contributed by atoms with Crippen molar-refractivity contribution in [1.29, 1.82) is 0 Å². The Labute approximate surface area is 129 Å². The molecule has 0 saturated heterocycles. The van der Waals surface area contributed by atoms with E-state index in [1.165, 1.54) is 25.7 Å². The number of ether oxygens (including phenoxy) is 1. The van der Waals surface area contributed by atoms with Crippen molar-refractivity contribution in [2.24, 2.45) is 0 Å². The summed E-state index contributed by atoms with van der Waals surface area (Å²) >= 11 is 0. The van der Waals surface area contributed by atoms with E-state index in [-0.39, 0.29) is 18.3 Å². The van der Waals surface area contributed by atoms with Crippen LogP contribution in [0.1, 0.15) is 64.7 Å². The number of allylic oxidation sites excluding steroid dienone is 1. The first-order valence-corrected chi connectivity index (χ1v) is 8.12. The van der Waals surface area contributed by atoms with Gasteiger partial charge in [-0.2, -0.15) is 0 Å². The number of carbonyl (C=O) groups excluding carboxylic acids is 2. The molecule has 0 aliphatic rings. The highest BCUT2D eigenvalue weighted by Gasteiger charge is 2.10. The molecule has 1 amide bonds. The van der Waals surface area contributed by atoms with Crippen LogP contribution in [-0.2, 0) is 14.3 Å². The molecule has 0 N–H and O–H groups in total. The van der Waals surface area contributed by atoms with Crippen LogP contribution in [-0.4, -0.2) is 37.0 Å². The number of esters is 1. The van der Waals surface area contributed by atoms with E-state index < -0.39 is 0 Å². The van der Waals surface area contributed by atoms with Gasteiger partial charge >= 0.3 is 5.97 Å². The highest BCUT2D eigenvalue weighted by molar-refractivity contribution is 5.76. The molecule has 0 rings (SSSR count). The van der Waals surface area contributed by atoms with Gasteiger partial charge in [0.05, 0.1) is 13.0 Å². The topological polar surface area (TPSA) is 46.6 Å². The number of nitrogens with zero attached hydrogens (tertiary/aromatic N) is 1. The van der Waals surface area contributed by atoms with Crippen molar-refractivity contribution in [3.05, 3.63) is 12.7 Å². The summed E-state index contributed by atoms with van der Waals surface area (Å²) in [5.41, 5.74) is 0. The second-order valence-electron chi connectivity index (χ2n) is 5.32. The average Bonchev–Trinajstić information content (AvgIpc) is 2.47. The number of hydrogen-bond acceptors (Lipinski definition) is 3. The van der Waals surface area contributed by atoms with Gasteiger partial charge in [0.25, 0.3) is 0 Å². The summed E-state index contributed by atoms with van der Waals surface area (Å²) in [6, 6.07) is 0. The van der Waals surface area contributed by atoms with Crippen LogP contribution in [0.15, 0.2) is 12.7 Å². The fourth-order valence-corrected chi connectivity index (χ4v) is 2.08. The Morgan fingerprint density at radius 2 is 1.67 bits per heavy atom. The van der Waals surface area contributed by atoms with Gasteiger partial charge in [-0.15, -0.1) is 6.58 Å². The molecule has 21 heavy (non-hydrogen) atoms. The van der Waals surface area contributed by atoms with Crippen molar-refractivity contribution in [1.82, 2.24) is 4.90 Å². The van der Waals surface area contributed by atoms with Gasteiger partial charge in [0.2, 0.25) is 5.91 Å². The minimum Gasteiger partial charge on any atom is -0.466 e. The van der Waals surface area contributed by atoms with Crippen LogP contribution in [0, 0.1) is 0 Å². The number of rotatable bonds is 13. The number of hydrogen-bond donors (Lipinski definition) is 0. The van der Waals surface area contributed by atoms with Crippen LogP contribution in [0.2, 0.25) is 0 Å². The fourth-order valence-electron chi connectivity index (χ4n) is 2.08. The molecular formula is C17H31NO3. The van der Waals surface area contributed by atoms with Crippen molar-refractivity contribution in [2.75, 3.05) is 20.2 Å². The summed E-state index contributed by atoms with van der Waals surface area (Å²) in [6.07, 6.45) is 10.9.